The van der Waals surface area contributed by atoms with Crippen LogP contribution in [0.3, 0.4) is 0 Å². The summed E-state index contributed by atoms with van der Waals surface area (Å²) in [5.41, 5.74) is 1.55. The molecule has 3 rings (SSSR count). The highest BCUT2D eigenvalue weighted by Crippen LogP contribution is 2.44. The second-order valence-corrected chi connectivity index (χ2v) is 14.5. The Labute approximate surface area is 255 Å². The minimum absolute atomic E-state index is 0.0265. The van der Waals surface area contributed by atoms with Crippen LogP contribution < -0.4 is 5.09 Å². The molecular weight excluding hydrogens is 565 g/mol. The minimum atomic E-state index is -3.61. The first kappa shape index (κ1) is 34.0. The molecule has 234 valence electrons. The lowest BCUT2D eigenvalue weighted by Gasteiger charge is -2.34. The normalized spacial score (nSPS) is 16.8. The van der Waals surface area contributed by atoms with Crippen molar-refractivity contribution in [3.05, 3.63) is 71.8 Å². The van der Waals surface area contributed by atoms with Crippen molar-refractivity contribution in [2.24, 2.45) is 5.92 Å². The Morgan fingerprint density at radius 1 is 1.02 bits per heavy atom. The van der Waals surface area contributed by atoms with Gasteiger partial charge < -0.3 is 20.0 Å². The third-order valence-electron chi connectivity index (χ3n) is 7.78. The van der Waals surface area contributed by atoms with Crippen molar-refractivity contribution in [2.45, 2.75) is 84.2 Å². The summed E-state index contributed by atoms with van der Waals surface area (Å²) in [5, 5.41) is 12.9. The number of rotatable bonds is 16. The maximum absolute atomic E-state index is 14.5. The number of unbranched alkanes of at least 4 members (excludes halogenated alkanes) is 1. The van der Waals surface area contributed by atoms with Gasteiger partial charge in [0.05, 0.1) is 6.29 Å². The molecule has 1 unspecified atom stereocenters. The highest BCUT2D eigenvalue weighted by Gasteiger charge is 2.40. The van der Waals surface area contributed by atoms with Crippen molar-refractivity contribution in [2.75, 3.05) is 19.0 Å². The van der Waals surface area contributed by atoms with Crippen LogP contribution in [0.2, 0.25) is 0 Å². The molecule has 1 heterocycles. The van der Waals surface area contributed by atoms with Crippen LogP contribution in [0.25, 0.3) is 0 Å². The lowest BCUT2D eigenvalue weighted by atomic mass is 10.0. The largest absolute Gasteiger partial charge is 0.480 e. The highest BCUT2D eigenvalue weighted by atomic mass is 31.2. The first-order valence-electron chi connectivity index (χ1n) is 15.4. The Morgan fingerprint density at radius 2 is 1.67 bits per heavy atom. The van der Waals surface area contributed by atoms with Gasteiger partial charge in [-0.2, -0.15) is 0 Å². The van der Waals surface area contributed by atoms with Gasteiger partial charge in [-0.05, 0) is 62.1 Å². The quantitative estimate of drug-likeness (QED) is 0.232. The predicted molar refractivity (Wildman–Crippen MR) is 168 cm³/mol. The number of hydrogen-bond donors (Lipinski definition) is 2. The Bertz CT molecular complexity index is 1270. The summed E-state index contributed by atoms with van der Waals surface area (Å²) in [6.07, 6.45) is 3.56. The number of carboxylic acid groups (broad SMARTS) is 1. The van der Waals surface area contributed by atoms with Crippen LogP contribution in [0, 0.1) is 5.92 Å². The summed E-state index contributed by atoms with van der Waals surface area (Å²) in [5.74, 6) is -2.36. The fraction of sp³-hybridized carbons (Fsp3) is 0.515. The molecule has 3 atom stereocenters. The maximum atomic E-state index is 14.5. The van der Waals surface area contributed by atoms with Gasteiger partial charge in [0.2, 0.25) is 11.8 Å². The van der Waals surface area contributed by atoms with E-state index in [1.807, 2.05) is 57.2 Å². The zero-order valence-corrected chi connectivity index (χ0v) is 26.5. The van der Waals surface area contributed by atoms with Crippen molar-refractivity contribution >= 4 is 31.0 Å². The van der Waals surface area contributed by atoms with E-state index >= 15 is 0 Å². The highest BCUT2D eigenvalue weighted by molar-refractivity contribution is 7.62. The van der Waals surface area contributed by atoms with Gasteiger partial charge in [-0.15, -0.1) is 0 Å². The number of nitrogens with one attached hydrogen (secondary N) is 1. The zero-order valence-electron chi connectivity index (χ0n) is 25.6. The zero-order chi connectivity index (χ0) is 31.4. The van der Waals surface area contributed by atoms with E-state index in [9.17, 15) is 28.8 Å². The van der Waals surface area contributed by atoms with Gasteiger partial charge in [0, 0.05) is 24.7 Å². The summed E-state index contributed by atoms with van der Waals surface area (Å²) < 4.78 is 14.5. The van der Waals surface area contributed by atoms with E-state index in [0.29, 0.717) is 50.6 Å². The van der Waals surface area contributed by atoms with E-state index in [1.54, 1.807) is 24.3 Å². The summed E-state index contributed by atoms with van der Waals surface area (Å²) >= 11 is 0. The van der Waals surface area contributed by atoms with Gasteiger partial charge >= 0.3 is 5.97 Å². The first-order chi connectivity index (χ1) is 20.5. The molecule has 0 saturated carbocycles. The lowest BCUT2D eigenvalue weighted by Crippen LogP contribution is -2.49. The number of likely N-dealkylation sites (tertiary alicyclic amines) is 1. The molecular formula is C33H46N3O6P. The second kappa shape index (κ2) is 16.4. The molecule has 1 aliphatic rings. The number of carbonyl (C=O) groups excluding carboxylic acids is 3. The van der Waals surface area contributed by atoms with E-state index in [1.165, 1.54) is 9.80 Å². The number of carboxylic acids is 1. The summed E-state index contributed by atoms with van der Waals surface area (Å²) in [7, 11) is -3.61. The van der Waals surface area contributed by atoms with Crippen LogP contribution in [0.15, 0.2) is 60.7 Å². The van der Waals surface area contributed by atoms with Gasteiger partial charge in [-0.25, -0.2) is 4.79 Å². The molecule has 3 amide bonds. The van der Waals surface area contributed by atoms with Crippen molar-refractivity contribution in [3.8, 4) is 0 Å². The monoisotopic (exact) mass is 611 g/mol. The molecule has 9 nitrogen and oxygen atoms in total. The Hall–Kier alpha value is -3.45. The number of nitrogens with zero attached hydrogens (tertiary/aromatic N) is 2. The number of carbonyl (C=O) groups is 4. The van der Waals surface area contributed by atoms with Gasteiger partial charge in [-0.1, -0.05) is 75.7 Å². The lowest BCUT2D eigenvalue weighted by molar-refractivity contribution is -0.150. The fourth-order valence-corrected chi connectivity index (χ4v) is 8.07. The van der Waals surface area contributed by atoms with Crippen LogP contribution >= 0.6 is 7.29 Å². The topological polar surface area (TPSA) is 124 Å². The SMILES string of the molecule is CCCCP(=O)(CN(C(=O)CCCc1ccccc1)[C@@H](CC(C)C)C(=O)O)NC(=O)[C@@H]1CCCN1C(=O)c1ccccc1. The summed E-state index contributed by atoms with van der Waals surface area (Å²) in [4.78, 5) is 55.6. The molecule has 0 aromatic heterocycles. The Balaban J connectivity index is 1.82. The van der Waals surface area contributed by atoms with Crippen LogP contribution in [0.5, 0.6) is 0 Å². The standard InChI is InChI=1S/C33H46N3O6P/c1-4-5-22-43(42,34-31(38)28-19-13-21-35(28)32(39)27-17-10-7-11-18-27)24-36(29(33(40)41)23-25(2)3)30(37)20-12-16-26-14-8-6-9-15-26/h6-11,14-15,17-18,25,28-29H,4-5,12-13,16,19-24H2,1-3H3,(H,40,41)(H,34,38,42)/t28-,29-,43?/m0/s1. The molecule has 2 N–H and O–H groups in total. The summed E-state index contributed by atoms with van der Waals surface area (Å²) in [6.45, 7) is 6.11. The summed E-state index contributed by atoms with van der Waals surface area (Å²) in [6, 6.07) is 16.5. The number of hydrogen-bond acceptors (Lipinski definition) is 5. The number of benzene rings is 2. The molecule has 0 aliphatic carbocycles. The third-order valence-corrected chi connectivity index (χ3v) is 10.2. The van der Waals surface area contributed by atoms with Gasteiger partial charge in [0.1, 0.15) is 12.1 Å². The Morgan fingerprint density at radius 3 is 2.28 bits per heavy atom. The van der Waals surface area contributed by atoms with E-state index in [4.69, 9.17) is 0 Å². The molecule has 0 spiro atoms. The van der Waals surface area contributed by atoms with Crippen LogP contribution in [0.1, 0.15) is 81.6 Å². The Kier molecular flexibility index (Phi) is 13.0. The smallest absolute Gasteiger partial charge is 0.326 e. The molecule has 1 fully saturated rings. The van der Waals surface area contributed by atoms with Crippen LogP contribution in [0.4, 0.5) is 0 Å². The molecule has 0 radical (unpaired) electrons. The average molecular weight is 612 g/mol. The average Bonchev–Trinajstić information content (AvgIpc) is 3.49. The maximum Gasteiger partial charge on any atom is 0.326 e. The van der Waals surface area contributed by atoms with Gasteiger partial charge in [0.15, 0.2) is 7.29 Å². The van der Waals surface area contributed by atoms with Crippen molar-refractivity contribution in [1.29, 1.82) is 0 Å². The first-order valence-corrected chi connectivity index (χ1v) is 17.4. The van der Waals surface area contributed by atoms with Gasteiger partial charge in [-0.3, -0.25) is 18.9 Å². The van der Waals surface area contributed by atoms with Crippen molar-refractivity contribution < 1.29 is 28.8 Å². The van der Waals surface area contributed by atoms with Gasteiger partial charge in [0.25, 0.3) is 5.91 Å². The molecule has 43 heavy (non-hydrogen) atoms. The molecule has 1 saturated heterocycles. The van der Waals surface area contributed by atoms with Crippen LogP contribution in [-0.2, 0) is 25.4 Å². The molecule has 0 bridgehead atoms. The van der Waals surface area contributed by atoms with E-state index in [0.717, 1.165) is 5.56 Å². The van der Waals surface area contributed by atoms with E-state index < -0.39 is 37.2 Å². The van der Waals surface area contributed by atoms with E-state index in [-0.39, 0.29) is 37.1 Å². The molecule has 2 aromatic carbocycles. The van der Waals surface area contributed by atoms with Crippen LogP contribution in [-0.4, -0.2) is 69.7 Å². The number of aliphatic carboxylic acids is 1. The van der Waals surface area contributed by atoms with Crippen molar-refractivity contribution in [3.63, 3.8) is 0 Å². The molecule has 1 aliphatic heterocycles. The minimum Gasteiger partial charge on any atom is -0.480 e. The molecule has 10 heteroatoms. The third kappa shape index (κ3) is 10.1. The van der Waals surface area contributed by atoms with E-state index in [2.05, 4.69) is 5.09 Å². The predicted octanol–water partition coefficient (Wildman–Crippen LogP) is 5.79. The molecule has 2 aromatic rings. The van der Waals surface area contributed by atoms with Crippen molar-refractivity contribution in [1.82, 2.24) is 14.9 Å². The fourth-order valence-electron chi connectivity index (χ4n) is 5.52. The number of aryl methyl sites for hydroxylation is 1. The number of amides is 3. The second-order valence-electron chi connectivity index (χ2n) is 11.8.